The van der Waals surface area contributed by atoms with E-state index in [1.165, 1.54) is 0 Å². The Bertz CT molecular complexity index is 591. The molecule has 0 bridgehead atoms. The van der Waals surface area contributed by atoms with Crippen molar-refractivity contribution in [2.24, 2.45) is 0 Å². The number of benzene rings is 2. The lowest BCUT2D eigenvalue weighted by Gasteiger charge is -2.16. The SMILES string of the molecule is CC(C)Oc1ccc(B(O)O)cc1CNNc1ccccc1. The van der Waals surface area contributed by atoms with Gasteiger partial charge in [-0.2, -0.15) is 0 Å². The van der Waals surface area contributed by atoms with Crippen molar-refractivity contribution in [1.29, 1.82) is 0 Å². The molecule has 5 nitrogen and oxygen atoms in total. The van der Waals surface area contributed by atoms with Crippen LogP contribution in [0, 0.1) is 0 Å². The lowest BCUT2D eigenvalue weighted by Crippen LogP contribution is -2.31. The van der Waals surface area contributed by atoms with Crippen LogP contribution in [0.3, 0.4) is 0 Å². The molecular formula is C16H21BN2O3. The van der Waals surface area contributed by atoms with E-state index in [0.29, 0.717) is 12.0 Å². The van der Waals surface area contributed by atoms with Gasteiger partial charge >= 0.3 is 7.12 Å². The van der Waals surface area contributed by atoms with Crippen molar-refractivity contribution >= 4 is 18.3 Å². The summed E-state index contributed by atoms with van der Waals surface area (Å²) in [6, 6.07) is 14.9. The van der Waals surface area contributed by atoms with Crippen LogP contribution in [0.5, 0.6) is 5.75 Å². The maximum Gasteiger partial charge on any atom is 0.488 e. The predicted molar refractivity (Wildman–Crippen MR) is 88.9 cm³/mol. The molecule has 0 fully saturated rings. The third-order valence-corrected chi connectivity index (χ3v) is 3.03. The van der Waals surface area contributed by atoms with Gasteiger partial charge < -0.3 is 20.2 Å². The fraction of sp³-hybridized carbons (Fsp3) is 0.250. The van der Waals surface area contributed by atoms with Crippen molar-refractivity contribution in [3.63, 3.8) is 0 Å². The minimum atomic E-state index is -1.49. The molecule has 0 saturated heterocycles. The van der Waals surface area contributed by atoms with Gasteiger partial charge in [0, 0.05) is 17.8 Å². The van der Waals surface area contributed by atoms with Crippen LogP contribution in [0.2, 0.25) is 0 Å². The molecule has 2 aromatic carbocycles. The number of hydrazine groups is 1. The Morgan fingerprint density at radius 2 is 1.82 bits per heavy atom. The molecule has 2 rings (SSSR count). The number of nitrogens with one attached hydrogen (secondary N) is 2. The lowest BCUT2D eigenvalue weighted by molar-refractivity contribution is 0.239. The van der Waals surface area contributed by atoms with Gasteiger partial charge in [-0.15, -0.1) is 0 Å². The number of para-hydroxylation sites is 1. The zero-order chi connectivity index (χ0) is 15.9. The predicted octanol–water partition coefficient (Wildman–Crippen LogP) is 1.27. The average Bonchev–Trinajstić information content (AvgIpc) is 2.49. The van der Waals surface area contributed by atoms with Gasteiger partial charge in [-0.1, -0.05) is 30.3 Å². The number of hydrogen-bond acceptors (Lipinski definition) is 5. The first-order valence-electron chi connectivity index (χ1n) is 7.26. The highest BCUT2D eigenvalue weighted by molar-refractivity contribution is 6.58. The maximum atomic E-state index is 9.30. The summed E-state index contributed by atoms with van der Waals surface area (Å²) >= 11 is 0. The van der Waals surface area contributed by atoms with Crippen molar-refractivity contribution in [2.75, 3.05) is 5.43 Å². The van der Waals surface area contributed by atoms with Crippen LogP contribution in [-0.4, -0.2) is 23.3 Å². The van der Waals surface area contributed by atoms with Gasteiger partial charge in [-0.05, 0) is 37.5 Å². The highest BCUT2D eigenvalue weighted by atomic mass is 16.5. The van der Waals surface area contributed by atoms with Crippen LogP contribution < -0.4 is 21.1 Å². The van der Waals surface area contributed by atoms with E-state index in [1.807, 2.05) is 44.2 Å². The van der Waals surface area contributed by atoms with Gasteiger partial charge in [0.2, 0.25) is 0 Å². The second-order valence-electron chi connectivity index (χ2n) is 5.25. The molecule has 0 saturated carbocycles. The second kappa shape index (κ2) is 7.84. The second-order valence-corrected chi connectivity index (χ2v) is 5.25. The van der Waals surface area contributed by atoms with Crippen LogP contribution in [-0.2, 0) is 6.54 Å². The van der Waals surface area contributed by atoms with Crippen LogP contribution in [0.25, 0.3) is 0 Å². The fourth-order valence-electron chi connectivity index (χ4n) is 2.03. The molecule has 22 heavy (non-hydrogen) atoms. The number of hydrogen-bond donors (Lipinski definition) is 4. The van der Waals surface area contributed by atoms with Crippen LogP contribution in [0.4, 0.5) is 5.69 Å². The van der Waals surface area contributed by atoms with E-state index in [9.17, 15) is 10.0 Å². The van der Waals surface area contributed by atoms with Crippen molar-refractivity contribution in [3.05, 3.63) is 54.1 Å². The van der Waals surface area contributed by atoms with E-state index in [1.54, 1.807) is 18.2 Å². The standard InChI is InChI=1S/C16H21BN2O3/c1-12(2)22-16-9-8-14(17(20)21)10-13(16)11-18-19-15-6-4-3-5-7-15/h3-10,12,18-21H,11H2,1-2H3. The monoisotopic (exact) mass is 300 g/mol. The van der Waals surface area contributed by atoms with E-state index in [2.05, 4.69) is 10.9 Å². The smallest absolute Gasteiger partial charge is 0.488 e. The van der Waals surface area contributed by atoms with Crippen molar-refractivity contribution in [1.82, 2.24) is 5.43 Å². The van der Waals surface area contributed by atoms with Crippen molar-refractivity contribution in [3.8, 4) is 5.75 Å². The maximum absolute atomic E-state index is 9.30. The van der Waals surface area contributed by atoms with Crippen molar-refractivity contribution < 1.29 is 14.8 Å². The average molecular weight is 300 g/mol. The van der Waals surface area contributed by atoms with E-state index in [4.69, 9.17) is 4.74 Å². The summed E-state index contributed by atoms with van der Waals surface area (Å²) in [6.07, 6.45) is 0.0470. The van der Waals surface area contributed by atoms with E-state index < -0.39 is 7.12 Å². The Kier molecular flexibility index (Phi) is 5.83. The Morgan fingerprint density at radius 3 is 2.45 bits per heavy atom. The largest absolute Gasteiger partial charge is 0.491 e. The topological polar surface area (TPSA) is 73.8 Å². The molecule has 2 aromatic rings. The summed E-state index contributed by atoms with van der Waals surface area (Å²) in [4.78, 5) is 0. The minimum absolute atomic E-state index is 0.0470. The van der Waals surface area contributed by atoms with E-state index in [0.717, 1.165) is 17.0 Å². The first kappa shape index (κ1) is 16.4. The molecule has 4 N–H and O–H groups in total. The highest BCUT2D eigenvalue weighted by Gasteiger charge is 2.14. The quantitative estimate of drug-likeness (QED) is 0.458. The number of anilines is 1. The highest BCUT2D eigenvalue weighted by Crippen LogP contribution is 2.18. The third kappa shape index (κ3) is 4.77. The summed E-state index contributed by atoms with van der Waals surface area (Å²) in [5.74, 6) is 0.724. The van der Waals surface area contributed by atoms with Gasteiger partial charge in [0.05, 0.1) is 6.10 Å². The molecule has 0 aliphatic carbocycles. The normalized spacial score (nSPS) is 10.6. The first-order chi connectivity index (χ1) is 10.6. The lowest BCUT2D eigenvalue weighted by atomic mass is 9.79. The van der Waals surface area contributed by atoms with Crippen LogP contribution in [0.15, 0.2) is 48.5 Å². The molecule has 116 valence electrons. The van der Waals surface area contributed by atoms with Gasteiger partial charge in [0.25, 0.3) is 0 Å². The Hall–Kier alpha value is -2.02. The molecule has 0 aliphatic heterocycles. The van der Waals surface area contributed by atoms with Gasteiger partial charge in [-0.3, -0.25) is 0 Å². The molecule has 0 atom stereocenters. The summed E-state index contributed by atoms with van der Waals surface area (Å²) in [5.41, 5.74) is 8.43. The molecule has 0 spiro atoms. The molecule has 0 amide bonds. The molecule has 0 heterocycles. The summed E-state index contributed by atoms with van der Waals surface area (Å²) in [6.45, 7) is 4.39. The van der Waals surface area contributed by atoms with E-state index >= 15 is 0 Å². The molecule has 0 radical (unpaired) electrons. The van der Waals surface area contributed by atoms with Crippen LogP contribution in [0.1, 0.15) is 19.4 Å². The number of rotatable bonds is 7. The van der Waals surface area contributed by atoms with E-state index in [-0.39, 0.29) is 6.10 Å². The molecule has 0 aromatic heterocycles. The van der Waals surface area contributed by atoms with Crippen molar-refractivity contribution in [2.45, 2.75) is 26.5 Å². The zero-order valence-electron chi connectivity index (χ0n) is 12.8. The van der Waals surface area contributed by atoms with Gasteiger partial charge in [-0.25, -0.2) is 5.43 Å². The summed E-state index contributed by atoms with van der Waals surface area (Å²) < 4.78 is 5.75. The fourth-order valence-corrected chi connectivity index (χ4v) is 2.03. The Morgan fingerprint density at radius 1 is 1.09 bits per heavy atom. The summed E-state index contributed by atoms with van der Waals surface area (Å²) in [5, 5.41) is 18.6. The Balaban J connectivity index is 2.07. The number of ether oxygens (including phenoxy) is 1. The molecular weight excluding hydrogens is 279 g/mol. The Labute approximate surface area is 131 Å². The minimum Gasteiger partial charge on any atom is -0.491 e. The molecule has 0 aliphatic rings. The van der Waals surface area contributed by atoms with Crippen LogP contribution >= 0.6 is 0 Å². The third-order valence-electron chi connectivity index (χ3n) is 3.03. The zero-order valence-corrected chi connectivity index (χ0v) is 12.8. The summed E-state index contributed by atoms with van der Waals surface area (Å²) in [7, 11) is -1.49. The molecule has 0 unspecified atom stereocenters. The van der Waals surface area contributed by atoms with Gasteiger partial charge in [0.15, 0.2) is 0 Å². The van der Waals surface area contributed by atoms with Gasteiger partial charge in [0.1, 0.15) is 5.75 Å². The molecule has 6 heteroatoms. The first-order valence-corrected chi connectivity index (χ1v) is 7.26.